The molecule has 0 aromatic heterocycles. The molecule has 3 fully saturated rings. The summed E-state index contributed by atoms with van der Waals surface area (Å²) in [7, 11) is 0. The molecule has 6 nitrogen and oxygen atoms in total. The third-order valence-corrected chi connectivity index (χ3v) is 5.06. The van der Waals surface area contributed by atoms with E-state index < -0.39 is 24.6 Å². The van der Waals surface area contributed by atoms with Crippen molar-refractivity contribution in [3.63, 3.8) is 0 Å². The van der Waals surface area contributed by atoms with Crippen molar-refractivity contribution in [3.05, 3.63) is 0 Å². The quantitative estimate of drug-likeness (QED) is 0.535. The predicted octanol–water partition coefficient (Wildman–Crippen LogP) is -0.664. The number of fused-ring (bicyclic) bond motifs is 6. The van der Waals surface area contributed by atoms with E-state index in [0.717, 1.165) is 19.3 Å². The lowest BCUT2D eigenvalue weighted by Gasteiger charge is -2.42. The van der Waals surface area contributed by atoms with Gasteiger partial charge in [-0.3, -0.25) is 0 Å². The topological polar surface area (TPSA) is 99.4 Å². The van der Waals surface area contributed by atoms with Crippen LogP contribution in [0.2, 0.25) is 0 Å². The van der Waals surface area contributed by atoms with E-state index in [0.29, 0.717) is 18.1 Å². The third kappa shape index (κ3) is 4.07. The lowest BCUT2D eigenvalue weighted by Crippen LogP contribution is -2.55. The molecule has 4 N–H and O–H groups in total. The van der Waals surface area contributed by atoms with Gasteiger partial charge >= 0.3 is 0 Å². The van der Waals surface area contributed by atoms with E-state index in [1.165, 1.54) is 11.8 Å². The van der Waals surface area contributed by atoms with E-state index in [-0.39, 0.29) is 18.6 Å². The second kappa shape index (κ2) is 7.93. The van der Waals surface area contributed by atoms with E-state index in [1.807, 2.05) is 0 Å². The Morgan fingerprint density at radius 2 is 2.00 bits per heavy atom. The summed E-state index contributed by atoms with van der Waals surface area (Å²) >= 11 is 1.47. The molecule has 0 aromatic rings. The molecule has 0 spiro atoms. The number of thioether (sulfide) groups is 1. The summed E-state index contributed by atoms with van der Waals surface area (Å²) in [5.41, 5.74) is 0. The highest BCUT2D eigenvalue weighted by Gasteiger charge is 2.44. The Hall–Kier alpha value is 0.110. The van der Waals surface area contributed by atoms with E-state index >= 15 is 0 Å². The number of rotatable bonds is 5. The van der Waals surface area contributed by atoms with Gasteiger partial charge in [0.1, 0.15) is 6.10 Å². The van der Waals surface area contributed by atoms with Crippen LogP contribution in [0.5, 0.6) is 0 Å². The van der Waals surface area contributed by atoms with Gasteiger partial charge in [0, 0.05) is 24.0 Å². The van der Waals surface area contributed by atoms with Crippen LogP contribution < -0.4 is 0 Å². The maximum atomic E-state index is 10.2. The summed E-state index contributed by atoms with van der Waals surface area (Å²) in [4.78, 5) is 0. The average molecular weight is 308 g/mol. The standard InChI is InChI=1S/C13H24O6S/c14-5-8(15)6-20-7-10-9-3-1-2-4-18-13(19-10)12(17)11(9)16/h8-17H,1-7H2/t8?,9-,10?,11+,12?,13+/m1/s1. The molecular weight excluding hydrogens is 284 g/mol. The van der Waals surface area contributed by atoms with Gasteiger partial charge in [0.25, 0.3) is 0 Å². The molecular formula is C13H24O6S. The van der Waals surface area contributed by atoms with Crippen molar-refractivity contribution in [2.45, 2.75) is 50.0 Å². The Balaban J connectivity index is 1.93. The van der Waals surface area contributed by atoms with E-state index in [9.17, 15) is 15.3 Å². The Morgan fingerprint density at radius 3 is 2.75 bits per heavy atom. The number of hydrogen-bond acceptors (Lipinski definition) is 7. The highest BCUT2D eigenvalue weighted by atomic mass is 32.2. The molecule has 0 amide bonds. The molecule has 0 aromatic carbocycles. The van der Waals surface area contributed by atoms with E-state index in [4.69, 9.17) is 14.6 Å². The Bertz CT molecular complexity index is 290. The second-order valence-corrected chi connectivity index (χ2v) is 6.50. The predicted molar refractivity (Wildman–Crippen MR) is 74.4 cm³/mol. The molecule has 3 aliphatic rings. The van der Waals surface area contributed by atoms with Crippen molar-refractivity contribution >= 4 is 11.8 Å². The smallest absolute Gasteiger partial charge is 0.186 e. The molecule has 118 valence electrons. The molecule has 0 radical (unpaired) electrons. The SMILES string of the molecule is OCC(O)CSCC1O[C@@H]2OCCCC[C@H]1[C@H](O)C2O. The third-order valence-electron chi connectivity index (χ3n) is 3.87. The Morgan fingerprint density at radius 1 is 1.20 bits per heavy atom. The number of aliphatic hydroxyl groups is 4. The normalized spacial score (nSPS) is 39.9. The first-order valence-electron chi connectivity index (χ1n) is 7.13. The highest BCUT2D eigenvalue weighted by molar-refractivity contribution is 7.99. The monoisotopic (exact) mass is 308 g/mol. The van der Waals surface area contributed by atoms with Crippen LogP contribution in [-0.4, -0.2) is 75.9 Å². The zero-order valence-electron chi connectivity index (χ0n) is 11.4. The molecule has 3 heterocycles. The average Bonchev–Trinajstić information content (AvgIpc) is 2.58. The minimum absolute atomic E-state index is 0.110. The van der Waals surface area contributed by atoms with Gasteiger partial charge in [-0.1, -0.05) is 6.42 Å². The maximum Gasteiger partial charge on any atom is 0.186 e. The fourth-order valence-electron chi connectivity index (χ4n) is 2.70. The van der Waals surface area contributed by atoms with Gasteiger partial charge in [-0.05, 0) is 12.8 Å². The molecule has 3 saturated heterocycles. The lowest BCUT2D eigenvalue weighted by atomic mass is 9.86. The molecule has 0 saturated carbocycles. The summed E-state index contributed by atoms with van der Waals surface area (Å²) < 4.78 is 11.3. The highest BCUT2D eigenvalue weighted by Crippen LogP contribution is 2.33. The van der Waals surface area contributed by atoms with Crippen LogP contribution in [-0.2, 0) is 9.47 Å². The maximum absolute atomic E-state index is 10.2. The summed E-state index contributed by atoms with van der Waals surface area (Å²) in [5.74, 6) is 0.917. The Kier molecular flexibility index (Phi) is 6.54. The molecule has 7 heteroatoms. The van der Waals surface area contributed by atoms with Crippen LogP contribution in [0.15, 0.2) is 0 Å². The minimum Gasteiger partial charge on any atom is -0.394 e. The zero-order chi connectivity index (χ0) is 14.5. The van der Waals surface area contributed by atoms with Gasteiger partial charge < -0.3 is 29.9 Å². The van der Waals surface area contributed by atoms with Crippen LogP contribution in [0.1, 0.15) is 19.3 Å². The number of hydrogen-bond donors (Lipinski definition) is 4. The van der Waals surface area contributed by atoms with Crippen LogP contribution in [0.25, 0.3) is 0 Å². The second-order valence-electron chi connectivity index (χ2n) is 5.43. The summed E-state index contributed by atoms with van der Waals surface area (Å²) in [6, 6.07) is 0. The number of ether oxygens (including phenoxy) is 2. The fraction of sp³-hybridized carbons (Fsp3) is 1.00. The van der Waals surface area contributed by atoms with E-state index in [1.54, 1.807) is 0 Å². The summed E-state index contributed by atoms with van der Waals surface area (Å²) in [5, 5.41) is 38.3. The molecule has 2 bridgehead atoms. The van der Waals surface area contributed by atoms with E-state index in [2.05, 4.69) is 0 Å². The van der Waals surface area contributed by atoms with Gasteiger partial charge in [-0.25, -0.2) is 0 Å². The summed E-state index contributed by atoms with van der Waals surface area (Å²) in [6.45, 7) is 0.277. The first-order chi connectivity index (χ1) is 9.63. The first kappa shape index (κ1) is 16.5. The summed E-state index contributed by atoms with van der Waals surface area (Å²) in [6.07, 6.45) is -0.908. The lowest BCUT2D eigenvalue weighted by molar-refractivity contribution is -0.277. The van der Waals surface area contributed by atoms with Crippen LogP contribution >= 0.6 is 11.8 Å². The molecule has 3 aliphatic heterocycles. The van der Waals surface area contributed by atoms with Gasteiger partial charge in [0.05, 0.1) is 24.9 Å². The van der Waals surface area contributed by atoms with Crippen molar-refractivity contribution in [3.8, 4) is 0 Å². The first-order valence-corrected chi connectivity index (χ1v) is 8.28. The van der Waals surface area contributed by atoms with Gasteiger partial charge in [-0.2, -0.15) is 11.8 Å². The molecule has 3 unspecified atom stereocenters. The van der Waals surface area contributed by atoms with Crippen molar-refractivity contribution in [1.82, 2.24) is 0 Å². The largest absolute Gasteiger partial charge is 0.394 e. The van der Waals surface area contributed by atoms with Gasteiger partial charge in [0.15, 0.2) is 6.29 Å². The Labute approximate surface area is 123 Å². The molecule has 3 rings (SSSR count). The van der Waals surface area contributed by atoms with Crippen molar-refractivity contribution in [2.75, 3.05) is 24.7 Å². The van der Waals surface area contributed by atoms with Gasteiger partial charge in [-0.15, -0.1) is 0 Å². The van der Waals surface area contributed by atoms with Crippen molar-refractivity contribution in [1.29, 1.82) is 0 Å². The van der Waals surface area contributed by atoms with Gasteiger partial charge in [0.2, 0.25) is 0 Å². The fourth-order valence-corrected chi connectivity index (χ4v) is 3.77. The number of aliphatic hydroxyl groups excluding tert-OH is 4. The minimum atomic E-state index is -0.998. The molecule has 6 atom stereocenters. The zero-order valence-corrected chi connectivity index (χ0v) is 12.2. The van der Waals surface area contributed by atoms with Crippen molar-refractivity contribution < 1.29 is 29.9 Å². The molecule has 0 aliphatic carbocycles. The molecule has 20 heavy (non-hydrogen) atoms. The van der Waals surface area contributed by atoms with Crippen LogP contribution in [0.3, 0.4) is 0 Å². The van der Waals surface area contributed by atoms with Crippen molar-refractivity contribution in [2.24, 2.45) is 5.92 Å². The van der Waals surface area contributed by atoms with Crippen LogP contribution in [0.4, 0.5) is 0 Å². The van der Waals surface area contributed by atoms with Crippen LogP contribution in [0, 0.1) is 5.92 Å².